The molecule has 0 radical (unpaired) electrons. The minimum absolute atomic E-state index is 0.236. The van der Waals surface area contributed by atoms with Gasteiger partial charge in [-0.15, -0.1) is 0 Å². The van der Waals surface area contributed by atoms with Crippen molar-refractivity contribution in [1.29, 1.82) is 0 Å². The summed E-state index contributed by atoms with van der Waals surface area (Å²) in [6.07, 6.45) is 7.06. The van der Waals surface area contributed by atoms with E-state index in [1.165, 1.54) is 24.1 Å². The lowest BCUT2D eigenvalue weighted by atomic mass is 9.84. The third kappa shape index (κ3) is 1.44. The third-order valence-corrected chi connectivity index (χ3v) is 3.86. The van der Waals surface area contributed by atoms with Crippen LogP contribution in [-0.4, -0.2) is 9.38 Å². The van der Waals surface area contributed by atoms with Crippen LogP contribution in [0.1, 0.15) is 37.9 Å². The van der Waals surface area contributed by atoms with Gasteiger partial charge in [0.1, 0.15) is 5.65 Å². The fraction of sp³-hybridized carbons (Fsp3) is 0.500. The average molecular weight is 214 g/mol. The summed E-state index contributed by atoms with van der Waals surface area (Å²) in [6.45, 7) is 6.75. The van der Waals surface area contributed by atoms with E-state index in [0.29, 0.717) is 0 Å². The number of nitrogens with zero attached hydrogens (tertiary/aromatic N) is 2. The second-order valence-electron chi connectivity index (χ2n) is 5.59. The maximum atomic E-state index is 4.75. The molecule has 84 valence electrons. The molecule has 0 aliphatic heterocycles. The molecule has 2 nitrogen and oxygen atoms in total. The zero-order chi connectivity index (χ0) is 11.3. The molecule has 16 heavy (non-hydrogen) atoms. The number of fused-ring (bicyclic) bond motifs is 1. The first-order valence-electron chi connectivity index (χ1n) is 6.03. The first kappa shape index (κ1) is 9.88. The van der Waals surface area contributed by atoms with E-state index in [2.05, 4.69) is 49.7 Å². The van der Waals surface area contributed by atoms with Gasteiger partial charge in [0, 0.05) is 17.8 Å². The van der Waals surface area contributed by atoms with Crippen LogP contribution in [0.15, 0.2) is 24.5 Å². The molecule has 1 fully saturated rings. The molecule has 0 spiro atoms. The van der Waals surface area contributed by atoms with Crippen molar-refractivity contribution in [3.63, 3.8) is 0 Å². The van der Waals surface area contributed by atoms with Crippen molar-refractivity contribution in [2.24, 2.45) is 5.92 Å². The highest BCUT2D eigenvalue weighted by Crippen LogP contribution is 2.46. The second-order valence-corrected chi connectivity index (χ2v) is 5.59. The molecule has 2 aromatic rings. The Balaban J connectivity index is 2.11. The Morgan fingerprint density at radius 2 is 2.00 bits per heavy atom. The summed E-state index contributed by atoms with van der Waals surface area (Å²) >= 11 is 0. The molecule has 0 bridgehead atoms. The van der Waals surface area contributed by atoms with Crippen LogP contribution in [0.3, 0.4) is 0 Å². The lowest BCUT2D eigenvalue weighted by Crippen LogP contribution is -2.20. The van der Waals surface area contributed by atoms with Crippen LogP contribution < -0.4 is 0 Å². The van der Waals surface area contributed by atoms with E-state index in [1.54, 1.807) is 0 Å². The van der Waals surface area contributed by atoms with Gasteiger partial charge in [0.05, 0.1) is 5.69 Å². The molecule has 1 aliphatic rings. The van der Waals surface area contributed by atoms with Crippen LogP contribution in [0.25, 0.3) is 5.65 Å². The monoisotopic (exact) mass is 214 g/mol. The van der Waals surface area contributed by atoms with Gasteiger partial charge < -0.3 is 4.40 Å². The summed E-state index contributed by atoms with van der Waals surface area (Å²) < 4.78 is 2.15. The van der Waals surface area contributed by atoms with Gasteiger partial charge in [0.15, 0.2) is 0 Å². The Kier molecular flexibility index (Phi) is 1.91. The lowest BCUT2D eigenvalue weighted by molar-refractivity contribution is 0.443. The number of hydrogen-bond donors (Lipinski definition) is 0. The van der Waals surface area contributed by atoms with Crippen LogP contribution >= 0.6 is 0 Å². The highest BCUT2D eigenvalue weighted by atomic mass is 15.0. The van der Waals surface area contributed by atoms with Gasteiger partial charge in [-0.05, 0) is 37.3 Å². The molecule has 0 unspecified atom stereocenters. The van der Waals surface area contributed by atoms with Gasteiger partial charge in [-0.2, -0.15) is 0 Å². The minimum atomic E-state index is 0.236. The summed E-state index contributed by atoms with van der Waals surface area (Å²) in [5.41, 5.74) is 3.82. The molecule has 2 aromatic heterocycles. The van der Waals surface area contributed by atoms with Crippen LogP contribution in [0.2, 0.25) is 0 Å². The molecular weight excluding hydrogens is 196 g/mol. The Bertz CT molecular complexity index is 533. The Hall–Kier alpha value is -1.31. The van der Waals surface area contributed by atoms with Crippen molar-refractivity contribution in [1.82, 2.24) is 9.38 Å². The minimum Gasteiger partial charge on any atom is -0.307 e. The normalized spacial score (nSPS) is 16.9. The van der Waals surface area contributed by atoms with Crippen molar-refractivity contribution in [3.05, 3.63) is 35.8 Å². The first-order chi connectivity index (χ1) is 7.57. The summed E-state index contributed by atoms with van der Waals surface area (Å²) in [4.78, 5) is 4.75. The van der Waals surface area contributed by atoms with Crippen LogP contribution in [-0.2, 0) is 5.41 Å². The molecule has 3 rings (SSSR count). The zero-order valence-corrected chi connectivity index (χ0v) is 10.2. The lowest BCUT2D eigenvalue weighted by Gasteiger charge is -2.21. The number of imidazole rings is 1. The van der Waals surface area contributed by atoms with E-state index < -0.39 is 0 Å². The van der Waals surface area contributed by atoms with Gasteiger partial charge in [-0.25, -0.2) is 4.98 Å². The largest absolute Gasteiger partial charge is 0.307 e. The van der Waals surface area contributed by atoms with Crippen molar-refractivity contribution >= 4 is 5.65 Å². The molecule has 1 saturated carbocycles. The van der Waals surface area contributed by atoms with E-state index in [0.717, 1.165) is 11.6 Å². The molecule has 2 heteroatoms. The number of hydrogen-bond acceptors (Lipinski definition) is 1. The van der Waals surface area contributed by atoms with Gasteiger partial charge in [-0.1, -0.05) is 19.9 Å². The van der Waals surface area contributed by atoms with E-state index in [4.69, 9.17) is 4.98 Å². The predicted octanol–water partition coefficient (Wildman–Crippen LogP) is 3.33. The van der Waals surface area contributed by atoms with Crippen LogP contribution in [0, 0.1) is 12.8 Å². The molecular formula is C14H18N2. The zero-order valence-electron chi connectivity index (χ0n) is 10.2. The number of aromatic nitrogens is 2. The molecule has 0 aromatic carbocycles. The van der Waals surface area contributed by atoms with E-state index in [9.17, 15) is 0 Å². The highest BCUT2D eigenvalue weighted by Gasteiger charge is 2.40. The Morgan fingerprint density at radius 1 is 1.25 bits per heavy atom. The van der Waals surface area contributed by atoms with Gasteiger partial charge in [-0.3, -0.25) is 0 Å². The Labute approximate surface area is 96.3 Å². The van der Waals surface area contributed by atoms with Crippen LogP contribution in [0.4, 0.5) is 0 Å². The van der Waals surface area contributed by atoms with Crippen molar-refractivity contribution in [2.45, 2.75) is 39.0 Å². The van der Waals surface area contributed by atoms with Gasteiger partial charge in [0.2, 0.25) is 0 Å². The summed E-state index contributed by atoms with van der Waals surface area (Å²) in [6, 6.07) is 4.22. The molecule has 1 aliphatic carbocycles. The average Bonchev–Trinajstić information content (AvgIpc) is 2.99. The van der Waals surface area contributed by atoms with Crippen molar-refractivity contribution in [2.75, 3.05) is 0 Å². The standard InChI is InChI=1S/C14H18N2/c1-10-4-7-13-15-12(9-16(13)8-10)14(2,3)11-5-6-11/h4,7-9,11H,5-6H2,1-3H3. The third-order valence-electron chi connectivity index (χ3n) is 3.86. The quantitative estimate of drug-likeness (QED) is 0.749. The van der Waals surface area contributed by atoms with Crippen LogP contribution in [0.5, 0.6) is 0 Å². The van der Waals surface area contributed by atoms with Crippen molar-refractivity contribution in [3.8, 4) is 0 Å². The first-order valence-corrected chi connectivity index (χ1v) is 6.03. The number of aryl methyl sites for hydroxylation is 1. The fourth-order valence-corrected chi connectivity index (χ4v) is 2.43. The maximum absolute atomic E-state index is 4.75. The highest BCUT2D eigenvalue weighted by molar-refractivity contribution is 5.42. The second kappa shape index (κ2) is 3.09. The number of pyridine rings is 1. The summed E-state index contributed by atoms with van der Waals surface area (Å²) in [5.74, 6) is 0.832. The van der Waals surface area contributed by atoms with E-state index >= 15 is 0 Å². The molecule has 0 amide bonds. The summed E-state index contributed by atoms with van der Waals surface area (Å²) in [5, 5.41) is 0. The molecule has 2 heterocycles. The maximum Gasteiger partial charge on any atom is 0.137 e. The summed E-state index contributed by atoms with van der Waals surface area (Å²) in [7, 11) is 0. The fourth-order valence-electron chi connectivity index (χ4n) is 2.43. The number of rotatable bonds is 2. The predicted molar refractivity (Wildman–Crippen MR) is 65.7 cm³/mol. The SMILES string of the molecule is Cc1ccc2nc(C(C)(C)C3CC3)cn2c1. The van der Waals surface area contributed by atoms with Gasteiger partial charge >= 0.3 is 0 Å². The smallest absolute Gasteiger partial charge is 0.137 e. The van der Waals surface area contributed by atoms with Crippen molar-refractivity contribution < 1.29 is 0 Å². The molecule has 0 atom stereocenters. The van der Waals surface area contributed by atoms with Gasteiger partial charge in [0.25, 0.3) is 0 Å². The molecule has 0 N–H and O–H groups in total. The topological polar surface area (TPSA) is 17.3 Å². The Morgan fingerprint density at radius 3 is 2.69 bits per heavy atom. The van der Waals surface area contributed by atoms with E-state index in [-0.39, 0.29) is 5.41 Å². The van der Waals surface area contributed by atoms with E-state index in [1.807, 2.05) is 0 Å². The molecule has 0 saturated heterocycles.